The first-order valence-electron chi connectivity index (χ1n) is 7.40. The van der Waals surface area contributed by atoms with E-state index in [4.69, 9.17) is 4.74 Å². The molecule has 0 aromatic heterocycles. The number of ketones is 1. The summed E-state index contributed by atoms with van der Waals surface area (Å²) in [5, 5.41) is 0. The molecule has 0 amide bonds. The first-order valence-corrected chi connectivity index (χ1v) is 7.40. The van der Waals surface area contributed by atoms with Crippen molar-refractivity contribution in [1.82, 2.24) is 0 Å². The summed E-state index contributed by atoms with van der Waals surface area (Å²) in [6, 6.07) is 8.06. The molecule has 1 aliphatic rings. The highest BCUT2D eigenvalue weighted by atomic mass is 16.5. The summed E-state index contributed by atoms with van der Waals surface area (Å²) in [5.74, 6) is 0.710. The van der Waals surface area contributed by atoms with E-state index in [0.717, 1.165) is 5.56 Å². The summed E-state index contributed by atoms with van der Waals surface area (Å²) in [7, 11) is 0. The molecule has 0 heterocycles. The Hall–Kier alpha value is -1.15. The van der Waals surface area contributed by atoms with Crippen molar-refractivity contribution in [2.24, 2.45) is 0 Å². The van der Waals surface area contributed by atoms with Gasteiger partial charge in [0, 0.05) is 12.2 Å². The average Bonchev–Trinajstić information content (AvgIpc) is 2.37. The van der Waals surface area contributed by atoms with Crippen LogP contribution in [0.2, 0.25) is 0 Å². The fourth-order valence-corrected chi connectivity index (χ4v) is 2.71. The SMILES string of the molecule is CCOC(C)(CC)C(=O)c1ccccc1C1CCC1. The molecule has 104 valence electrons. The Kier molecular flexibility index (Phi) is 4.41. The van der Waals surface area contributed by atoms with Crippen LogP contribution in [0.5, 0.6) is 0 Å². The van der Waals surface area contributed by atoms with E-state index in [1.807, 2.05) is 39.0 Å². The van der Waals surface area contributed by atoms with Gasteiger partial charge in [-0.2, -0.15) is 0 Å². The van der Waals surface area contributed by atoms with Crippen LogP contribution in [0.3, 0.4) is 0 Å². The second-order valence-electron chi connectivity index (χ2n) is 5.56. The lowest BCUT2D eigenvalue weighted by Crippen LogP contribution is -2.38. The molecule has 1 saturated carbocycles. The number of rotatable bonds is 6. The topological polar surface area (TPSA) is 26.3 Å². The molecule has 0 spiro atoms. The van der Waals surface area contributed by atoms with Crippen LogP contribution in [0.1, 0.15) is 68.3 Å². The van der Waals surface area contributed by atoms with Crippen LogP contribution >= 0.6 is 0 Å². The van der Waals surface area contributed by atoms with Crippen molar-refractivity contribution in [3.05, 3.63) is 35.4 Å². The predicted molar refractivity (Wildman–Crippen MR) is 77.7 cm³/mol. The molecule has 19 heavy (non-hydrogen) atoms. The van der Waals surface area contributed by atoms with Crippen molar-refractivity contribution in [3.63, 3.8) is 0 Å². The summed E-state index contributed by atoms with van der Waals surface area (Å²) < 4.78 is 5.73. The maximum absolute atomic E-state index is 12.8. The molecule has 1 fully saturated rings. The van der Waals surface area contributed by atoms with Crippen LogP contribution in [-0.2, 0) is 4.74 Å². The first kappa shape index (κ1) is 14.3. The average molecular weight is 260 g/mol. The molecule has 0 radical (unpaired) electrons. The first-order chi connectivity index (χ1) is 9.12. The molecule has 2 nitrogen and oxygen atoms in total. The standard InChI is InChI=1S/C17H24O2/c1-4-17(3,19-5-2)16(18)15-12-7-6-11-14(15)13-9-8-10-13/h6-7,11-13H,4-5,8-10H2,1-3H3. The molecule has 1 aliphatic carbocycles. The zero-order valence-corrected chi connectivity index (χ0v) is 12.2. The Bertz CT molecular complexity index is 448. The van der Waals surface area contributed by atoms with Crippen LogP contribution in [0.4, 0.5) is 0 Å². The Morgan fingerprint density at radius 1 is 1.32 bits per heavy atom. The highest BCUT2D eigenvalue weighted by molar-refractivity contribution is 6.03. The van der Waals surface area contributed by atoms with E-state index in [0.29, 0.717) is 18.9 Å². The Labute approximate surface area is 116 Å². The van der Waals surface area contributed by atoms with E-state index >= 15 is 0 Å². The zero-order chi connectivity index (χ0) is 13.9. The Balaban J connectivity index is 2.32. The molecule has 2 rings (SSSR count). The maximum Gasteiger partial charge on any atom is 0.194 e. The minimum atomic E-state index is -0.686. The summed E-state index contributed by atoms with van der Waals surface area (Å²) >= 11 is 0. The number of hydrogen-bond donors (Lipinski definition) is 0. The summed E-state index contributed by atoms with van der Waals surface area (Å²) in [5.41, 5.74) is 1.40. The molecule has 1 aromatic carbocycles. The lowest BCUT2D eigenvalue weighted by Gasteiger charge is -2.31. The summed E-state index contributed by atoms with van der Waals surface area (Å²) in [6.45, 7) is 6.44. The Morgan fingerprint density at radius 2 is 2.00 bits per heavy atom. The second kappa shape index (κ2) is 5.87. The van der Waals surface area contributed by atoms with Crippen LogP contribution in [0.15, 0.2) is 24.3 Å². The van der Waals surface area contributed by atoms with Gasteiger partial charge >= 0.3 is 0 Å². The lowest BCUT2D eigenvalue weighted by molar-refractivity contribution is -0.0117. The molecule has 0 aliphatic heterocycles. The summed E-state index contributed by atoms with van der Waals surface area (Å²) in [4.78, 5) is 12.8. The van der Waals surface area contributed by atoms with Crippen LogP contribution in [0, 0.1) is 0 Å². The molecule has 1 atom stereocenters. The van der Waals surface area contributed by atoms with Gasteiger partial charge in [-0.3, -0.25) is 4.79 Å². The van der Waals surface area contributed by atoms with Gasteiger partial charge in [-0.15, -0.1) is 0 Å². The third kappa shape index (κ3) is 2.74. The lowest BCUT2D eigenvalue weighted by atomic mass is 9.76. The largest absolute Gasteiger partial charge is 0.367 e. The fourth-order valence-electron chi connectivity index (χ4n) is 2.71. The van der Waals surface area contributed by atoms with Gasteiger partial charge in [0.25, 0.3) is 0 Å². The normalized spacial score (nSPS) is 18.7. The number of benzene rings is 1. The van der Waals surface area contributed by atoms with E-state index in [-0.39, 0.29) is 5.78 Å². The molecule has 2 heteroatoms. The van der Waals surface area contributed by atoms with Crippen molar-refractivity contribution in [3.8, 4) is 0 Å². The number of hydrogen-bond acceptors (Lipinski definition) is 2. The van der Waals surface area contributed by atoms with Gasteiger partial charge in [0.05, 0.1) is 0 Å². The monoisotopic (exact) mass is 260 g/mol. The highest BCUT2D eigenvalue weighted by Gasteiger charge is 2.35. The molecule has 0 N–H and O–H groups in total. The van der Waals surface area contributed by atoms with E-state index in [1.165, 1.54) is 24.8 Å². The zero-order valence-electron chi connectivity index (χ0n) is 12.2. The van der Waals surface area contributed by atoms with Crippen molar-refractivity contribution < 1.29 is 9.53 Å². The van der Waals surface area contributed by atoms with Crippen molar-refractivity contribution in [1.29, 1.82) is 0 Å². The van der Waals surface area contributed by atoms with E-state index < -0.39 is 5.60 Å². The van der Waals surface area contributed by atoms with Crippen molar-refractivity contribution >= 4 is 5.78 Å². The van der Waals surface area contributed by atoms with Gasteiger partial charge in [0.2, 0.25) is 0 Å². The third-order valence-electron chi connectivity index (χ3n) is 4.37. The van der Waals surface area contributed by atoms with E-state index in [9.17, 15) is 4.79 Å². The Morgan fingerprint density at radius 3 is 2.53 bits per heavy atom. The van der Waals surface area contributed by atoms with Crippen LogP contribution < -0.4 is 0 Å². The van der Waals surface area contributed by atoms with Gasteiger partial charge < -0.3 is 4.74 Å². The van der Waals surface area contributed by atoms with Gasteiger partial charge in [0.1, 0.15) is 5.60 Å². The fraction of sp³-hybridized carbons (Fsp3) is 0.588. The molecule has 1 unspecified atom stereocenters. The molecule has 0 saturated heterocycles. The molecular weight excluding hydrogens is 236 g/mol. The minimum absolute atomic E-state index is 0.138. The van der Waals surface area contributed by atoms with Crippen molar-refractivity contribution in [2.75, 3.05) is 6.61 Å². The minimum Gasteiger partial charge on any atom is -0.367 e. The van der Waals surface area contributed by atoms with Gasteiger partial charge in [-0.25, -0.2) is 0 Å². The van der Waals surface area contributed by atoms with Crippen LogP contribution in [0.25, 0.3) is 0 Å². The number of ether oxygens (including phenoxy) is 1. The predicted octanol–water partition coefficient (Wildman–Crippen LogP) is 4.34. The number of carbonyl (C=O) groups excluding carboxylic acids is 1. The van der Waals surface area contributed by atoms with Gasteiger partial charge in [-0.05, 0) is 44.6 Å². The van der Waals surface area contributed by atoms with Crippen LogP contribution in [-0.4, -0.2) is 18.0 Å². The maximum atomic E-state index is 12.8. The number of Topliss-reactive ketones (excluding diaryl/α,β-unsaturated/α-hetero) is 1. The quantitative estimate of drug-likeness (QED) is 0.711. The molecule has 1 aromatic rings. The van der Waals surface area contributed by atoms with Gasteiger partial charge in [-0.1, -0.05) is 37.6 Å². The van der Waals surface area contributed by atoms with E-state index in [2.05, 4.69) is 6.07 Å². The highest BCUT2D eigenvalue weighted by Crippen LogP contribution is 2.39. The van der Waals surface area contributed by atoms with E-state index in [1.54, 1.807) is 0 Å². The number of carbonyl (C=O) groups is 1. The third-order valence-corrected chi connectivity index (χ3v) is 4.37. The van der Waals surface area contributed by atoms with Crippen molar-refractivity contribution in [2.45, 2.75) is 58.0 Å². The van der Waals surface area contributed by atoms with Gasteiger partial charge in [0.15, 0.2) is 5.78 Å². The second-order valence-corrected chi connectivity index (χ2v) is 5.56. The summed E-state index contributed by atoms with van der Waals surface area (Å²) in [6.07, 6.45) is 4.41. The smallest absolute Gasteiger partial charge is 0.194 e. The molecule has 0 bridgehead atoms. The molecular formula is C17H24O2.